The fourth-order valence-electron chi connectivity index (χ4n) is 5.43. The Bertz CT molecular complexity index is 1060. The second kappa shape index (κ2) is 7.75. The van der Waals surface area contributed by atoms with Gasteiger partial charge in [-0.3, -0.25) is 0 Å². The van der Waals surface area contributed by atoms with Crippen LogP contribution in [0.1, 0.15) is 36.9 Å². The van der Waals surface area contributed by atoms with Gasteiger partial charge in [0.25, 0.3) is 0 Å². The number of nitrogens with one attached hydrogen (secondary N) is 2. The second-order valence-corrected chi connectivity index (χ2v) is 8.70. The van der Waals surface area contributed by atoms with Crippen molar-refractivity contribution in [2.75, 3.05) is 18.0 Å². The van der Waals surface area contributed by atoms with E-state index in [2.05, 4.69) is 38.4 Å². The van der Waals surface area contributed by atoms with E-state index in [4.69, 9.17) is 0 Å². The van der Waals surface area contributed by atoms with E-state index in [0.717, 1.165) is 60.7 Å². The lowest BCUT2D eigenvalue weighted by Crippen LogP contribution is -2.55. The van der Waals surface area contributed by atoms with Crippen LogP contribution in [0.25, 0.3) is 10.8 Å². The second-order valence-electron chi connectivity index (χ2n) is 8.70. The van der Waals surface area contributed by atoms with Gasteiger partial charge in [0.1, 0.15) is 0 Å². The van der Waals surface area contributed by atoms with Crippen molar-refractivity contribution in [3.63, 3.8) is 0 Å². The van der Waals surface area contributed by atoms with E-state index < -0.39 is 5.60 Å². The number of piperidine rings is 1. The monoisotopic (exact) mass is 401 g/mol. The van der Waals surface area contributed by atoms with Crippen LogP contribution < -0.4 is 10.2 Å². The van der Waals surface area contributed by atoms with E-state index in [-0.39, 0.29) is 0 Å². The normalized spacial score (nSPS) is 25.5. The van der Waals surface area contributed by atoms with Gasteiger partial charge >= 0.3 is 0 Å². The number of fused-ring (bicyclic) bond motifs is 3. The Kier molecular flexibility index (Phi) is 4.93. The summed E-state index contributed by atoms with van der Waals surface area (Å²) in [6, 6.07) is 15.2. The first-order valence-corrected chi connectivity index (χ1v) is 10.8. The number of aliphatic hydroxyl groups is 1. The maximum absolute atomic E-state index is 11.3. The third kappa shape index (κ3) is 3.45. The van der Waals surface area contributed by atoms with Gasteiger partial charge < -0.3 is 20.3 Å². The van der Waals surface area contributed by atoms with Crippen LogP contribution in [0.2, 0.25) is 0 Å². The minimum absolute atomic E-state index is 0.332. The number of imidazole rings is 1. The van der Waals surface area contributed by atoms with E-state index in [1.165, 1.54) is 5.69 Å². The molecular formula is C24H27N5O. The Morgan fingerprint density at radius 3 is 2.63 bits per heavy atom. The smallest absolute Gasteiger partial charge is 0.0998 e. The van der Waals surface area contributed by atoms with E-state index in [1.54, 1.807) is 6.33 Å². The summed E-state index contributed by atoms with van der Waals surface area (Å²) in [6.45, 7) is 1.43. The molecule has 2 fully saturated rings. The number of benzene rings is 2. The fourth-order valence-corrected chi connectivity index (χ4v) is 5.43. The Hall–Kier alpha value is -2.88. The Morgan fingerprint density at radius 1 is 1.17 bits per heavy atom. The van der Waals surface area contributed by atoms with Crippen molar-refractivity contribution >= 4 is 16.5 Å². The minimum Gasteiger partial charge on any atom is -0.388 e. The number of rotatable bonds is 6. The minimum atomic E-state index is -0.670. The molecule has 0 saturated carbocycles. The first kappa shape index (κ1) is 19.1. The first-order valence-electron chi connectivity index (χ1n) is 10.8. The average Bonchev–Trinajstić information content (AvgIpc) is 3.37. The molecule has 2 unspecified atom stereocenters. The highest BCUT2D eigenvalue weighted by atomic mass is 16.3. The number of anilines is 1. The maximum atomic E-state index is 11.3. The molecule has 30 heavy (non-hydrogen) atoms. The zero-order valence-electron chi connectivity index (χ0n) is 17.0. The van der Waals surface area contributed by atoms with Crippen molar-refractivity contribution < 1.29 is 5.11 Å². The maximum Gasteiger partial charge on any atom is 0.0998 e. The third-order valence-corrected chi connectivity index (χ3v) is 6.72. The van der Waals surface area contributed by atoms with Crippen LogP contribution in [0.3, 0.4) is 0 Å². The summed E-state index contributed by atoms with van der Waals surface area (Å²) in [5, 5.41) is 26.4. The van der Waals surface area contributed by atoms with E-state index >= 15 is 0 Å². The molecule has 3 N–H and O–H groups in total. The van der Waals surface area contributed by atoms with Crippen LogP contribution in [0.15, 0.2) is 48.9 Å². The van der Waals surface area contributed by atoms with Gasteiger partial charge in [-0.05, 0) is 37.8 Å². The predicted octanol–water partition coefficient (Wildman–Crippen LogP) is 3.13. The summed E-state index contributed by atoms with van der Waals surface area (Å²) in [5.74, 6) is 0. The molecule has 0 aliphatic carbocycles. The van der Waals surface area contributed by atoms with Crippen molar-refractivity contribution in [1.82, 2.24) is 15.3 Å². The molecule has 2 aliphatic rings. The molecule has 2 saturated heterocycles. The van der Waals surface area contributed by atoms with Crippen molar-refractivity contribution in [3.8, 4) is 6.07 Å². The summed E-state index contributed by atoms with van der Waals surface area (Å²) in [5.41, 5.74) is 2.29. The lowest BCUT2D eigenvalue weighted by Gasteiger charge is -2.45. The Balaban J connectivity index is 1.31. The SMILES string of the molecule is N#Cc1ccc(N2C3CCC2CC(O)(CNCCc2c[nH]cn2)C3)c2ccccc12. The molecule has 2 bridgehead atoms. The van der Waals surface area contributed by atoms with Gasteiger partial charge in [0, 0.05) is 54.3 Å². The van der Waals surface area contributed by atoms with Crippen molar-refractivity contribution in [2.24, 2.45) is 0 Å². The van der Waals surface area contributed by atoms with Gasteiger partial charge in [-0.15, -0.1) is 0 Å². The van der Waals surface area contributed by atoms with Gasteiger partial charge in [-0.2, -0.15) is 5.26 Å². The molecule has 3 aromatic rings. The average molecular weight is 402 g/mol. The van der Waals surface area contributed by atoms with Crippen LogP contribution >= 0.6 is 0 Å². The Morgan fingerprint density at radius 2 is 1.93 bits per heavy atom. The first-order chi connectivity index (χ1) is 14.7. The highest BCUT2D eigenvalue weighted by Gasteiger charge is 2.47. The molecule has 2 aliphatic heterocycles. The van der Waals surface area contributed by atoms with Gasteiger partial charge in [0.2, 0.25) is 0 Å². The molecule has 0 radical (unpaired) electrons. The molecule has 2 atom stereocenters. The zero-order valence-corrected chi connectivity index (χ0v) is 17.0. The summed E-state index contributed by atoms with van der Waals surface area (Å²) in [4.78, 5) is 9.74. The summed E-state index contributed by atoms with van der Waals surface area (Å²) >= 11 is 0. The molecule has 6 heteroatoms. The summed E-state index contributed by atoms with van der Waals surface area (Å²) < 4.78 is 0. The number of H-pyrrole nitrogens is 1. The van der Waals surface area contributed by atoms with Gasteiger partial charge in [0.05, 0.1) is 29.3 Å². The summed E-state index contributed by atoms with van der Waals surface area (Å²) in [6.07, 6.45) is 8.22. The largest absolute Gasteiger partial charge is 0.388 e. The molecule has 6 nitrogen and oxygen atoms in total. The van der Waals surface area contributed by atoms with Crippen molar-refractivity contribution in [3.05, 3.63) is 60.2 Å². The van der Waals surface area contributed by atoms with Crippen LogP contribution in [-0.2, 0) is 6.42 Å². The molecular weight excluding hydrogens is 374 g/mol. The number of nitriles is 1. The van der Waals surface area contributed by atoms with Crippen LogP contribution in [0.5, 0.6) is 0 Å². The lowest BCUT2D eigenvalue weighted by atomic mass is 9.85. The molecule has 0 amide bonds. The number of aromatic amines is 1. The highest BCUT2D eigenvalue weighted by Crippen LogP contribution is 2.45. The molecule has 3 heterocycles. The molecule has 154 valence electrons. The number of hydrogen-bond donors (Lipinski definition) is 3. The van der Waals surface area contributed by atoms with Crippen LogP contribution in [0.4, 0.5) is 5.69 Å². The summed E-state index contributed by atoms with van der Waals surface area (Å²) in [7, 11) is 0. The highest BCUT2D eigenvalue weighted by molar-refractivity contribution is 5.98. The number of nitrogens with zero attached hydrogens (tertiary/aromatic N) is 3. The van der Waals surface area contributed by atoms with Crippen LogP contribution in [-0.4, -0.2) is 45.8 Å². The predicted molar refractivity (Wildman–Crippen MR) is 117 cm³/mol. The topological polar surface area (TPSA) is 88.0 Å². The molecule has 1 aromatic heterocycles. The standard InChI is InChI=1S/C24H27N5O/c25-13-17-5-8-23(22-4-2-1-3-21(17)22)29-19-6-7-20(29)12-24(30,11-19)15-26-10-9-18-14-27-16-28-18/h1-5,8,14,16,19-20,26,30H,6-7,9-12,15H2,(H,27,28). The van der Waals surface area contributed by atoms with Crippen molar-refractivity contribution in [2.45, 2.75) is 49.8 Å². The van der Waals surface area contributed by atoms with Gasteiger partial charge in [0.15, 0.2) is 0 Å². The van der Waals surface area contributed by atoms with E-state index in [0.29, 0.717) is 18.6 Å². The quantitative estimate of drug-likeness (QED) is 0.553. The lowest BCUT2D eigenvalue weighted by molar-refractivity contribution is 0.00290. The van der Waals surface area contributed by atoms with E-state index in [1.807, 2.05) is 30.5 Å². The van der Waals surface area contributed by atoms with Crippen LogP contribution in [0, 0.1) is 11.3 Å². The fraction of sp³-hybridized carbons (Fsp3) is 0.417. The third-order valence-electron chi connectivity index (χ3n) is 6.72. The number of aromatic nitrogens is 2. The molecule has 2 aromatic carbocycles. The van der Waals surface area contributed by atoms with E-state index in [9.17, 15) is 10.4 Å². The van der Waals surface area contributed by atoms with Gasteiger partial charge in [-0.25, -0.2) is 4.98 Å². The van der Waals surface area contributed by atoms with Gasteiger partial charge in [-0.1, -0.05) is 24.3 Å². The zero-order chi connectivity index (χ0) is 20.6. The number of hydrogen-bond acceptors (Lipinski definition) is 5. The molecule has 0 spiro atoms. The van der Waals surface area contributed by atoms with Crippen molar-refractivity contribution in [1.29, 1.82) is 5.26 Å². The molecule has 5 rings (SSSR count). The Labute approximate surface area is 176 Å².